The molecule has 0 bridgehead atoms. The lowest BCUT2D eigenvalue weighted by atomic mass is 10.1. The minimum absolute atomic E-state index is 0.0214. The Kier molecular flexibility index (Phi) is 3.81. The van der Waals surface area contributed by atoms with Gasteiger partial charge in [-0.2, -0.15) is 0 Å². The monoisotopic (exact) mass is 253 g/mol. The van der Waals surface area contributed by atoms with E-state index in [1.807, 2.05) is 0 Å². The van der Waals surface area contributed by atoms with E-state index in [9.17, 15) is 9.18 Å². The summed E-state index contributed by atoms with van der Waals surface area (Å²) in [5, 5.41) is 9.10. The number of methoxy groups -OCH3 is 1. The number of halogens is 1. The zero-order valence-electron chi connectivity index (χ0n) is 10.2. The second-order valence-corrected chi connectivity index (χ2v) is 4.50. The summed E-state index contributed by atoms with van der Waals surface area (Å²) in [6, 6.07) is 4.15. The Hall–Kier alpha value is -1.62. The molecule has 18 heavy (non-hydrogen) atoms. The fourth-order valence-electron chi connectivity index (χ4n) is 2.42. The van der Waals surface area contributed by atoms with Crippen LogP contribution >= 0.6 is 0 Å². The lowest BCUT2D eigenvalue weighted by Gasteiger charge is -2.21. The molecule has 0 spiro atoms. The zero-order chi connectivity index (χ0) is 13.1. The first-order chi connectivity index (χ1) is 8.63. The molecule has 1 aromatic rings. The lowest BCUT2D eigenvalue weighted by Crippen LogP contribution is -2.24. The summed E-state index contributed by atoms with van der Waals surface area (Å²) in [6.45, 7) is 1.91. The van der Waals surface area contributed by atoms with Gasteiger partial charge in [0.1, 0.15) is 5.82 Å². The van der Waals surface area contributed by atoms with Gasteiger partial charge in [0, 0.05) is 26.1 Å². The first kappa shape index (κ1) is 12.8. The van der Waals surface area contributed by atoms with Crippen molar-refractivity contribution in [2.45, 2.75) is 6.42 Å². The fourth-order valence-corrected chi connectivity index (χ4v) is 2.42. The van der Waals surface area contributed by atoms with Crippen LogP contribution in [0.2, 0.25) is 0 Å². The molecule has 0 amide bonds. The Bertz CT molecular complexity index is 450. The number of hydrogen-bond donors (Lipinski definition) is 1. The van der Waals surface area contributed by atoms with Gasteiger partial charge in [-0.1, -0.05) is 6.07 Å². The summed E-state index contributed by atoms with van der Waals surface area (Å²) in [6.07, 6.45) is 0.890. The Labute approximate surface area is 105 Å². The van der Waals surface area contributed by atoms with Crippen LogP contribution in [0.3, 0.4) is 0 Å². The number of hydrogen-bond acceptors (Lipinski definition) is 3. The lowest BCUT2D eigenvalue weighted by molar-refractivity contribution is 0.0697. The van der Waals surface area contributed by atoms with Gasteiger partial charge in [0.25, 0.3) is 0 Å². The molecule has 1 unspecified atom stereocenters. The predicted molar refractivity (Wildman–Crippen MR) is 65.6 cm³/mol. The summed E-state index contributed by atoms with van der Waals surface area (Å²) in [5.41, 5.74) is 0.219. The zero-order valence-corrected chi connectivity index (χ0v) is 10.2. The number of ether oxygens (including phenoxy) is 1. The van der Waals surface area contributed by atoms with Crippen molar-refractivity contribution in [1.29, 1.82) is 0 Å². The van der Waals surface area contributed by atoms with Gasteiger partial charge >= 0.3 is 5.97 Å². The Balaban J connectivity index is 2.26. The Morgan fingerprint density at radius 2 is 2.39 bits per heavy atom. The third kappa shape index (κ3) is 2.46. The molecule has 1 aromatic carbocycles. The van der Waals surface area contributed by atoms with Crippen molar-refractivity contribution in [3.8, 4) is 0 Å². The molecule has 1 fully saturated rings. The second-order valence-electron chi connectivity index (χ2n) is 4.50. The standard InChI is InChI=1S/C13H16FNO3/c1-18-8-9-5-6-15(7-9)12-10(13(16)17)3-2-4-11(12)14/h2-4,9H,5-8H2,1H3,(H,16,17). The van der Waals surface area contributed by atoms with Crippen LogP contribution in [0, 0.1) is 11.7 Å². The molecular weight excluding hydrogens is 237 g/mol. The van der Waals surface area contributed by atoms with Gasteiger partial charge in [-0.3, -0.25) is 0 Å². The number of carboxylic acid groups (broad SMARTS) is 1. The highest BCUT2D eigenvalue weighted by atomic mass is 19.1. The van der Waals surface area contributed by atoms with E-state index in [1.165, 1.54) is 18.2 Å². The highest BCUT2D eigenvalue weighted by Gasteiger charge is 2.27. The van der Waals surface area contributed by atoms with Crippen molar-refractivity contribution in [2.75, 3.05) is 31.7 Å². The molecule has 1 saturated heterocycles. The first-order valence-electron chi connectivity index (χ1n) is 5.89. The largest absolute Gasteiger partial charge is 0.478 e. The molecule has 1 atom stereocenters. The van der Waals surface area contributed by atoms with E-state index in [1.54, 1.807) is 12.0 Å². The van der Waals surface area contributed by atoms with Gasteiger partial charge in [0.2, 0.25) is 0 Å². The maximum absolute atomic E-state index is 13.8. The molecule has 1 N–H and O–H groups in total. The molecule has 1 aliphatic rings. The summed E-state index contributed by atoms with van der Waals surface area (Å²) >= 11 is 0. The van der Waals surface area contributed by atoms with Crippen LogP contribution in [0.4, 0.5) is 10.1 Å². The van der Waals surface area contributed by atoms with Gasteiger partial charge in [-0.05, 0) is 18.6 Å². The van der Waals surface area contributed by atoms with Gasteiger partial charge in [0.05, 0.1) is 17.9 Å². The number of rotatable bonds is 4. The molecular formula is C13H16FNO3. The van der Waals surface area contributed by atoms with Crippen LogP contribution in [0.25, 0.3) is 0 Å². The van der Waals surface area contributed by atoms with E-state index in [0.717, 1.165) is 6.42 Å². The molecule has 2 rings (SSSR count). The third-order valence-electron chi connectivity index (χ3n) is 3.22. The average Bonchev–Trinajstić information content (AvgIpc) is 2.77. The predicted octanol–water partition coefficient (Wildman–Crippen LogP) is 2.00. The summed E-state index contributed by atoms with van der Waals surface area (Å²) in [5.74, 6) is -1.25. The number of anilines is 1. The Morgan fingerprint density at radius 1 is 1.61 bits per heavy atom. The number of aromatic carboxylic acids is 1. The molecule has 0 saturated carbocycles. The van der Waals surface area contributed by atoms with Crippen LogP contribution in [-0.2, 0) is 4.74 Å². The highest BCUT2D eigenvalue weighted by Crippen LogP contribution is 2.29. The van der Waals surface area contributed by atoms with Crippen LogP contribution < -0.4 is 4.90 Å². The van der Waals surface area contributed by atoms with E-state index in [0.29, 0.717) is 25.6 Å². The smallest absolute Gasteiger partial charge is 0.337 e. The fraction of sp³-hybridized carbons (Fsp3) is 0.462. The number of nitrogens with zero attached hydrogens (tertiary/aromatic N) is 1. The normalized spacial score (nSPS) is 19.2. The SMILES string of the molecule is COCC1CCN(c2c(F)cccc2C(=O)O)C1. The quantitative estimate of drug-likeness (QED) is 0.891. The van der Waals surface area contributed by atoms with Crippen LogP contribution in [0.5, 0.6) is 0 Å². The van der Waals surface area contributed by atoms with Crippen LogP contribution in [-0.4, -0.2) is 37.9 Å². The van der Waals surface area contributed by atoms with Crippen molar-refractivity contribution >= 4 is 11.7 Å². The molecule has 0 radical (unpaired) electrons. The molecule has 1 aliphatic heterocycles. The molecule has 4 nitrogen and oxygen atoms in total. The molecule has 0 aliphatic carbocycles. The third-order valence-corrected chi connectivity index (χ3v) is 3.22. The minimum atomic E-state index is -1.10. The van der Waals surface area contributed by atoms with Crippen LogP contribution in [0.1, 0.15) is 16.8 Å². The summed E-state index contributed by atoms with van der Waals surface area (Å²) in [7, 11) is 1.63. The molecule has 5 heteroatoms. The number of carbonyl (C=O) groups is 1. The highest BCUT2D eigenvalue weighted by molar-refractivity contribution is 5.94. The molecule has 1 heterocycles. The Morgan fingerprint density at radius 3 is 3.06 bits per heavy atom. The maximum Gasteiger partial charge on any atom is 0.337 e. The summed E-state index contributed by atoms with van der Waals surface area (Å²) in [4.78, 5) is 12.9. The number of benzene rings is 1. The van der Waals surface area contributed by atoms with Crippen molar-refractivity contribution in [1.82, 2.24) is 0 Å². The van der Waals surface area contributed by atoms with E-state index in [4.69, 9.17) is 9.84 Å². The minimum Gasteiger partial charge on any atom is -0.478 e. The topological polar surface area (TPSA) is 49.8 Å². The van der Waals surface area contributed by atoms with Crippen molar-refractivity contribution in [2.24, 2.45) is 5.92 Å². The molecule has 0 aromatic heterocycles. The van der Waals surface area contributed by atoms with Gasteiger partial charge in [-0.25, -0.2) is 9.18 Å². The van der Waals surface area contributed by atoms with Crippen molar-refractivity contribution in [3.05, 3.63) is 29.6 Å². The van der Waals surface area contributed by atoms with E-state index in [2.05, 4.69) is 0 Å². The van der Waals surface area contributed by atoms with Gasteiger partial charge in [-0.15, -0.1) is 0 Å². The maximum atomic E-state index is 13.8. The molecule has 98 valence electrons. The van der Waals surface area contributed by atoms with Crippen molar-refractivity contribution in [3.63, 3.8) is 0 Å². The summed E-state index contributed by atoms with van der Waals surface area (Å²) < 4.78 is 18.9. The van der Waals surface area contributed by atoms with Crippen molar-refractivity contribution < 1.29 is 19.0 Å². The van der Waals surface area contributed by atoms with E-state index in [-0.39, 0.29) is 11.3 Å². The number of para-hydroxylation sites is 1. The average molecular weight is 253 g/mol. The second kappa shape index (κ2) is 5.35. The van der Waals surface area contributed by atoms with Gasteiger partial charge < -0.3 is 14.7 Å². The van der Waals surface area contributed by atoms with Crippen LogP contribution in [0.15, 0.2) is 18.2 Å². The van der Waals surface area contributed by atoms with E-state index >= 15 is 0 Å². The number of carboxylic acids is 1. The first-order valence-corrected chi connectivity index (χ1v) is 5.89. The van der Waals surface area contributed by atoms with Gasteiger partial charge in [0.15, 0.2) is 0 Å². The van der Waals surface area contributed by atoms with E-state index < -0.39 is 11.8 Å².